The lowest BCUT2D eigenvalue weighted by Gasteiger charge is -2.16. The highest BCUT2D eigenvalue weighted by Crippen LogP contribution is 2.41. The number of nitrogens with zero attached hydrogens (tertiary/aromatic N) is 4. The largest absolute Gasteiger partial charge is 0.417 e. The van der Waals surface area contributed by atoms with E-state index in [0.29, 0.717) is 11.9 Å². The first-order valence-electron chi connectivity index (χ1n) is 10.6. The molecule has 17 heteroatoms. The normalized spacial score (nSPS) is 12.7. The summed E-state index contributed by atoms with van der Waals surface area (Å²) in [6.45, 7) is 1.55. The molecule has 0 radical (unpaired) electrons. The van der Waals surface area contributed by atoms with Gasteiger partial charge in [0, 0.05) is 18.1 Å². The maximum absolute atomic E-state index is 13.2. The Labute approximate surface area is 223 Å². The quantitative estimate of drug-likeness (QED) is 0.246. The van der Waals surface area contributed by atoms with E-state index in [1.54, 1.807) is 13.1 Å². The van der Waals surface area contributed by atoms with Gasteiger partial charge in [0.05, 0.1) is 23.4 Å². The lowest BCUT2D eigenvalue weighted by molar-refractivity contribution is -0.162. The molecule has 3 aromatic heterocycles. The van der Waals surface area contributed by atoms with E-state index in [1.165, 1.54) is 6.20 Å². The number of imidazole rings is 1. The molecule has 204 valence electrons. The van der Waals surface area contributed by atoms with Gasteiger partial charge in [-0.3, -0.25) is 9.59 Å². The van der Waals surface area contributed by atoms with Crippen LogP contribution >= 0.6 is 22.9 Å². The smallest absolute Gasteiger partial charge is 0.343 e. The average molecular weight is 590 g/mol. The van der Waals surface area contributed by atoms with Crippen LogP contribution in [-0.4, -0.2) is 36.7 Å². The van der Waals surface area contributed by atoms with E-state index < -0.39 is 47.0 Å². The highest BCUT2D eigenvalue weighted by atomic mass is 35.5. The van der Waals surface area contributed by atoms with Crippen LogP contribution in [0.1, 0.15) is 49.3 Å². The summed E-state index contributed by atoms with van der Waals surface area (Å²) < 4.78 is 78.5. The summed E-state index contributed by atoms with van der Waals surface area (Å²) in [7, 11) is 0. The first-order chi connectivity index (χ1) is 18.3. The Kier molecular flexibility index (Phi) is 7.61. The van der Waals surface area contributed by atoms with Crippen molar-refractivity contribution < 1.29 is 35.9 Å². The number of nitrogens with one attached hydrogen (secondary N) is 3. The summed E-state index contributed by atoms with van der Waals surface area (Å²) in [6, 6.07) is 0.394. The zero-order valence-corrected chi connectivity index (χ0v) is 20.9. The predicted molar refractivity (Wildman–Crippen MR) is 127 cm³/mol. The zero-order chi connectivity index (χ0) is 28.5. The third-order valence-electron chi connectivity index (χ3n) is 5.08. The number of aromatic nitrogens is 5. The first-order valence-corrected chi connectivity index (χ1v) is 11.8. The number of carbonyl (C=O) groups is 2. The molecular weight excluding hydrogens is 576 g/mol. The number of aromatic amines is 1. The van der Waals surface area contributed by atoms with E-state index in [2.05, 4.69) is 35.6 Å². The molecule has 0 fully saturated rings. The standard InChI is InChI=1S/C22H14ClF6N7O2S/c1-9(35-19(38)16-14(23)15(33-8-34-16)17-30-4-5-31-17)20-32-7-13(39-20)18(37)36-10-2-3-11(21(24,25)26)12(6-10)22(27,28)29/h2-9H,1H3,(H,30,31)(H,35,38)(H,36,37). The summed E-state index contributed by atoms with van der Waals surface area (Å²) in [4.78, 5) is 44.0. The highest BCUT2D eigenvalue weighted by molar-refractivity contribution is 7.13. The number of H-pyrrole nitrogens is 1. The molecule has 2 amide bonds. The van der Waals surface area contributed by atoms with Crippen molar-refractivity contribution in [1.82, 2.24) is 30.2 Å². The van der Waals surface area contributed by atoms with Gasteiger partial charge in [0.15, 0.2) is 11.5 Å². The third kappa shape index (κ3) is 6.17. The molecule has 1 unspecified atom stereocenters. The highest BCUT2D eigenvalue weighted by Gasteiger charge is 2.43. The number of alkyl halides is 6. The van der Waals surface area contributed by atoms with Crippen LogP contribution in [0.2, 0.25) is 5.02 Å². The predicted octanol–water partition coefficient (Wildman–Crippen LogP) is 5.76. The molecule has 0 bridgehead atoms. The van der Waals surface area contributed by atoms with Gasteiger partial charge < -0.3 is 15.6 Å². The minimum atomic E-state index is -5.30. The second kappa shape index (κ2) is 10.6. The molecule has 0 aliphatic heterocycles. The maximum atomic E-state index is 13.2. The van der Waals surface area contributed by atoms with Gasteiger partial charge in [-0.1, -0.05) is 11.6 Å². The summed E-state index contributed by atoms with van der Waals surface area (Å²) in [5.41, 5.74) is -4.27. The molecule has 0 aliphatic carbocycles. The summed E-state index contributed by atoms with van der Waals surface area (Å²) in [6.07, 6.45) is -5.30. The molecule has 3 heterocycles. The van der Waals surface area contributed by atoms with Gasteiger partial charge in [-0.05, 0) is 25.1 Å². The Morgan fingerprint density at radius 2 is 1.72 bits per heavy atom. The molecule has 4 rings (SSSR count). The fraction of sp³-hybridized carbons (Fsp3) is 0.182. The van der Waals surface area contributed by atoms with Crippen LogP contribution in [-0.2, 0) is 12.4 Å². The van der Waals surface area contributed by atoms with Crippen LogP contribution in [0.3, 0.4) is 0 Å². The topological polar surface area (TPSA) is 126 Å². The van der Waals surface area contributed by atoms with Crippen molar-refractivity contribution in [2.45, 2.75) is 25.3 Å². The SMILES string of the molecule is CC(NC(=O)c1ncnc(-c2ncc[nH]2)c1Cl)c1ncc(C(=O)Nc2ccc(C(F)(F)F)c(C(F)(F)F)c2)s1. The van der Waals surface area contributed by atoms with Crippen LogP contribution in [0.5, 0.6) is 0 Å². The number of benzene rings is 1. The summed E-state index contributed by atoms with van der Waals surface area (Å²) >= 11 is 7.08. The van der Waals surface area contributed by atoms with Crippen LogP contribution in [0.15, 0.2) is 43.1 Å². The lowest BCUT2D eigenvalue weighted by atomic mass is 10.1. The second-order valence-corrected chi connectivity index (χ2v) is 9.23. The molecular formula is C22H14ClF6N7O2S. The van der Waals surface area contributed by atoms with E-state index in [0.717, 1.165) is 23.9 Å². The number of carbonyl (C=O) groups excluding carboxylic acids is 2. The van der Waals surface area contributed by atoms with Crippen LogP contribution in [0, 0.1) is 0 Å². The Balaban J connectivity index is 1.47. The minimum Gasteiger partial charge on any atom is -0.343 e. The van der Waals surface area contributed by atoms with Crippen molar-refractivity contribution in [3.05, 3.63) is 74.8 Å². The van der Waals surface area contributed by atoms with Crippen LogP contribution in [0.4, 0.5) is 32.0 Å². The molecule has 0 saturated carbocycles. The molecule has 0 aliphatic rings. The Bertz CT molecular complexity index is 1520. The van der Waals surface area contributed by atoms with Gasteiger partial charge in [-0.2, -0.15) is 26.3 Å². The van der Waals surface area contributed by atoms with Gasteiger partial charge in [-0.25, -0.2) is 19.9 Å². The zero-order valence-electron chi connectivity index (χ0n) is 19.3. The van der Waals surface area contributed by atoms with Gasteiger partial charge in [-0.15, -0.1) is 11.3 Å². The number of rotatable bonds is 6. The molecule has 0 saturated heterocycles. The van der Waals surface area contributed by atoms with E-state index in [9.17, 15) is 35.9 Å². The van der Waals surface area contributed by atoms with Gasteiger partial charge in [0.2, 0.25) is 0 Å². The molecule has 9 nitrogen and oxygen atoms in total. The number of thiazole rings is 1. The number of anilines is 1. The van der Waals surface area contributed by atoms with Gasteiger partial charge in [0.1, 0.15) is 26.9 Å². The van der Waals surface area contributed by atoms with E-state index in [-0.39, 0.29) is 38.4 Å². The number of hydrogen-bond acceptors (Lipinski definition) is 7. The van der Waals surface area contributed by atoms with Gasteiger partial charge in [0.25, 0.3) is 11.8 Å². The Hall–Kier alpha value is -4.05. The average Bonchev–Trinajstić information content (AvgIpc) is 3.56. The molecule has 3 N–H and O–H groups in total. The fourth-order valence-electron chi connectivity index (χ4n) is 3.30. The number of hydrogen-bond donors (Lipinski definition) is 3. The molecule has 1 aromatic carbocycles. The van der Waals surface area contributed by atoms with Gasteiger partial charge >= 0.3 is 12.4 Å². The van der Waals surface area contributed by atoms with Crippen molar-refractivity contribution >= 4 is 40.4 Å². The summed E-state index contributed by atoms with van der Waals surface area (Å²) in [5.74, 6) is -1.28. The first kappa shape index (κ1) is 28.0. The Morgan fingerprint density at radius 3 is 2.36 bits per heavy atom. The molecule has 0 spiro atoms. The Morgan fingerprint density at radius 1 is 1.00 bits per heavy atom. The third-order valence-corrected chi connectivity index (χ3v) is 6.62. The van der Waals surface area contributed by atoms with E-state index >= 15 is 0 Å². The monoisotopic (exact) mass is 589 g/mol. The maximum Gasteiger partial charge on any atom is 0.417 e. The minimum absolute atomic E-state index is 0.0638. The number of amides is 2. The van der Waals surface area contributed by atoms with Crippen molar-refractivity contribution in [2.75, 3.05) is 5.32 Å². The van der Waals surface area contributed by atoms with Crippen molar-refractivity contribution in [3.8, 4) is 11.5 Å². The van der Waals surface area contributed by atoms with Crippen LogP contribution < -0.4 is 10.6 Å². The molecule has 4 aromatic rings. The summed E-state index contributed by atoms with van der Waals surface area (Å²) in [5, 5.41) is 4.92. The lowest BCUT2D eigenvalue weighted by Crippen LogP contribution is -2.28. The fourth-order valence-corrected chi connectivity index (χ4v) is 4.39. The van der Waals surface area contributed by atoms with E-state index in [4.69, 9.17) is 11.6 Å². The van der Waals surface area contributed by atoms with Crippen molar-refractivity contribution in [1.29, 1.82) is 0 Å². The van der Waals surface area contributed by atoms with Crippen molar-refractivity contribution in [3.63, 3.8) is 0 Å². The number of halogens is 7. The van der Waals surface area contributed by atoms with Crippen molar-refractivity contribution in [2.24, 2.45) is 0 Å². The van der Waals surface area contributed by atoms with E-state index in [1.807, 2.05) is 0 Å². The molecule has 39 heavy (non-hydrogen) atoms. The second-order valence-electron chi connectivity index (χ2n) is 7.79. The van der Waals surface area contributed by atoms with Crippen LogP contribution in [0.25, 0.3) is 11.5 Å². The molecule has 1 atom stereocenters.